The van der Waals surface area contributed by atoms with Gasteiger partial charge in [-0.25, -0.2) is 0 Å². The zero-order valence-electron chi connectivity index (χ0n) is 8.70. The minimum atomic E-state index is -0.280. The van der Waals surface area contributed by atoms with Crippen LogP contribution in [0.15, 0.2) is 5.16 Å². The second-order valence-corrected chi connectivity index (χ2v) is 5.91. The van der Waals surface area contributed by atoms with Gasteiger partial charge in [0.25, 0.3) is 0 Å². The molecule has 0 aromatic carbocycles. The Morgan fingerprint density at radius 3 is 3.27 bits per heavy atom. The van der Waals surface area contributed by atoms with Crippen LogP contribution in [-0.4, -0.2) is 28.6 Å². The van der Waals surface area contributed by atoms with Crippen LogP contribution in [0.1, 0.15) is 32.1 Å². The van der Waals surface area contributed by atoms with E-state index < -0.39 is 0 Å². The summed E-state index contributed by atoms with van der Waals surface area (Å²) in [6.45, 7) is 0.692. The lowest BCUT2D eigenvalue weighted by atomic mass is 9.87. The minimum absolute atomic E-state index is 0.280. The summed E-state index contributed by atoms with van der Waals surface area (Å²) in [7, 11) is 0. The lowest BCUT2D eigenvalue weighted by Crippen LogP contribution is -2.40. The molecule has 3 aliphatic rings. The summed E-state index contributed by atoms with van der Waals surface area (Å²) in [5.41, 5.74) is 1.06. The zero-order valence-corrected chi connectivity index (χ0v) is 9.52. The van der Waals surface area contributed by atoms with E-state index in [0.29, 0.717) is 18.3 Å². The molecule has 0 unspecified atom stereocenters. The van der Waals surface area contributed by atoms with E-state index in [9.17, 15) is 4.79 Å². The molecule has 0 bridgehead atoms. The number of ketones is 1. The molecule has 0 aromatic heterocycles. The Kier molecular flexibility index (Phi) is 2.27. The molecule has 1 saturated heterocycles. The summed E-state index contributed by atoms with van der Waals surface area (Å²) >= 11 is 1.82. The number of carbonyl (C=O) groups is 1. The molecule has 3 rings (SSSR count). The number of hydrogen-bond acceptors (Lipinski definition) is 4. The molecule has 1 spiro atoms. The Labute approximate surface area is 93.6 Å². The molecule has 4 heteroatoms. The SMILES string of the molecule is O=C1CCCCC[C@]12SC[C@H]1CON=C12. The first kappa shape index (κ1) is 9.70. The summed E-state index contributed by atoms with van der Waals surface area (Å²) in [5.74, 6) is 1.83. The fourth-order valence-corrected chi connectivity index (χ4v) is 4.44. The zero-order chi connectivity index (χ0) is 10.3. The molecule has 82 valence electrons. The van der Waals surface area contributed by atoms with Crippen LogP contribution in [0.5, 0.6) is 0 Å². The van der Waals surface area contributed by atoms with E-state index in [4.69, 9.17) is 4.84 Å². The summed E-state index contributed by atoms with van der Waals surface area (Å²) in [6.07, 6.45) is 5.12. The Morgan fingerprint density at radius 1 is 1.40 bits per heavy atom. The molecular weight excluding hydrogens is 210 g/mol. The highest BCUT2D eigenvalue weighted by atomic mass is 32.2. The summed E-state index contributed by atoms with van der Waals surface area (Å²) in [4.78, 5) is 17.4. The maximum absolute atomic E-state index is 12.2. The van der Waals surface area contributed by atoms with Crippen molar-refractivity contribution in [2.45, 2.75) is 36.9 Å². The first-order valence-electron chi connectivity index (χ1n) is 5.70. The van der Waals surface area contributed by atoms with Crippen molar-refractivity contribution < 1.29 is 9.63 Å². The van der Waals surface area contributed by atoms with Gasteiger partial charge in [-0.2, -0.15) is 0 Å². The average Bonchev–Trinajstić information content (AvgIpc) is 2.75. The molecule has 2 atom stereocenters. The lowest BCUT2D eigenvalue weighted by Gasteiger charge is -2.24. The van der Waals surface area contributed by atoms with E-state index in [1.807, 2.05) is 11.8 Å². The van der Waals surface area contributed by atoms with Gasteiger partial charge in [0.2, 0.25) is 0 Å². The number of nitrogens with zero attached hydrogens (tertiary/aromatic N) is 1. The predicted octanol–water partition coefficient (Wildman–Crippen LogP) is 2.01. The monoisotopic (exact) mass is 225 g/mol. The summed E-state index contributed by atoms with van der Waals surface area (Å²) < 4.78 is -0.280. The number of hydrogen-bond donors (Lipinski definition) is 0. The minimum Gasteiger partial charge on any atom is -0.395 e. The number of oxime groups is 1. The third-order valence-electron chi connectivity index (χ3n) is 3.65. The molecule has 2 aliphatic heterocycles. The van der Waals surface area contributed by atoms with Crippen LogP contribution in [0, 0.1) is 5.92 Å². The molecule has 0 aromatic rings. The quantitative estimate of drug-likeness (QED) is 0.633. The van der Waals surface area contributed by atoms with E-state index >= 15 is 0 Å². The molecule has 2 heterocycles. The lowest BCUT2D eigenvalue weighted by molar-refractivity contribution is -0.119. The molecule has 0 amide bonds. The van der Waals surface area contributed by atoms with E-state index in [1.54, 1.807) is 0 Å². The molecular formula is C11H15NO2S. The van der Waals surface area contributed by atoms with Crippen LogP contribution in [0.25, 0.3) is 0 Å². The standard InChI is InChI=1S/C11H15NO2S/c13-9-4-2-1-3-5-11(9)10-8(7-15-11)6-14-12-10/h8H,1-7H2/t8-,11+/m1/s1. The van der Waals surface area contributed by atoms with Crippen molar-refractivity contribution in [3.63, 3.8) is 0 Å². The predicted molar refractivity (Wildman–Crippen MR) is 60.2 cm³/mol. The summed E-state index contributed by atoms with van der Waals surface area (Å²) in [6, 6.07) is 0. The van der Waals surface area contributed by atoms with Gasteiger partial charge in [0, 0.05) is 18.1 Å². The Morgan fingerprint density at radius 2 is 2.33 bits per heavy atom. The van der Waals surface area contributed by atoms with Gasteiger partial charge in [-0.1, -0.05) is 18.0 Å². The molecule has 2 fully saturated rings. The molecule has 1 saturated carbocycles. The average molecular weight is 225 g/mol. The third-order valence-corrected chi connectivity index (χ3v) is 5.36. The van der Waals surface area contributed by atoms with E-state index in [1.165, 1.54) is 6.42 Å². The fraction of sp³-hybridized carbons (Fsp3) is 0.818. The van der Waals surface area contributed by atoms with Crippen LogP contribution in [0.4, 0.5) is 0 Å². The van der Waals surface area contributed by atoms with Crippen molar-refractivity contribution in [3.8, 4) is 0 Å². The molecule has 1 aliphatic carbocycles. The van der Waals surface area contributed by atoms with E-state index in [2.05, 4.69) is 5.16 Å². The van der Waals surface area contributed by atoms with Crippen molar-refractivity contribution in [2.24, 2.45) is 11.1 Å². The Hall–Kier alpha value is -0.510. The van der Waals surface area contributed by atoms with Gasteiger partial charge in [0.05, 0.1) is 5.71 Å². The van der Waals surface area contributed by atoms with Gasteiger partial charge in [-0.05, 0) is 12.8 Å². The van der Waals surface area contributed by atoms with Crippen LogP contribution in [-0.2, 0) is 9.63 Å². The van der Waals surface area contributed by atoms with Crippen molar-refractivity contribution in [1.82, 2.24) is 0 Å². The molecule has 3 nitrogen and oxygen atoms in total. The maximum atomic E-state index is 12.2. The molecule has 15 heavy (non-hydrogen) atoms. The van der Waals surface area contributed by atoms with Crippen molar-refractivity contribution >= 4 is 23.3 Å². The Balaban J connectivity index is 1.96. The first-order valence-corrected chi connectivity index (χ1v) is 6.69. The molecule has 0 radical (unpaired) electrons. The van der Waals surface area contributed by atoms with Crippen LogP contribution in [0.3, 0.4) is 0 Å². The number of thioether (sulfide) groups is 1. The number of carbonyl (C=O) groups excluding carboxylic acids is 1. The first-order chi connectivity index (χ1) is 7.33. The second kappa shape index (κ2) is 3.51. The number of fused-ring (bicyclic) bond motifs is 2. The summed E-state index contributed by atoms with van der Waals surface area (Å²) in [5, 5.41) is 4.14. The van der Waals surface area contributed by atoms with Gasteiger partial charge in [0.1, 0.15) is 11.4 Å². The van der Waals surface area contributed by atoms with Gasteiger partial charge in [-0.3, -0.25) is 4.79 Å². The highest BCUT2D eigenvalue weighted by Gasteiger charge is 2.53. The van der Waals surface area contributed by atoms with Crippen LogP contribution in [0.2, 0.25) is 0 Å². The number of rotatable bonds is 0. The fourth-order valence-electron chi connectivity index (χ4n) is 2.80. The topological polar surface area (TPSA) is 38.7 Å². The van der Waals surface area contributed by atoms with Crippen LogP contribution < -0.4 is 0 Å². The molecule has 0 N–H and O–H groups in total. The largest absolute Gasteiger partial charge is 0.395 e. The Bertz CT molecular complexity index is 329. The van der Waals surface area contributed by atoms with E-state index in [-0.39, 0.29) is 4.75 Å². The third kappa shape index (κ3) is 1.34. The highest BCUT2D eigenvalue weighted by molar-refractivity contribution is 8.02. The van der Waals surface area contributed by atoms with Gasteiger partial charge < -0.3 is 4.84 Å². The van der Waals surface area contributed by atoms with E-state index in [0.717, 1.165) is 37.1 Å². The van der Waals surface area contributed by atoms with Crippen LogP contribution >= 0.6 is 11.8 Å². The second-order valence-electron chi connectivity index (χ2n) is 4.59. The van der Waals surface area contributed by atoms with Gasteiger partial charge in [-0.15, -0.1) is 11.8 Å². The smallest absolute Gasteiger partial charge is 0.154 e. The number of Topliss-reactive ketones (excluding diaryl/α,β-unsaturated/α-hetero) is 1. The maximum Gasteiger partial charge on any atom is 0.154 e. The van der Waals surface area contributed by atoms with Crippen molar-refractivity contribution in [2.75, 3.05) is 12.4 Å². The van der Waals surface area contributed by atoms with Crippen molar-refractivity contribution in [1.29, 1.82) is 0 Å². The van der Waals surface area contributed by atoms with Gasteiger partial charge >= 0.3 is 0 Å². The normalized spacial score (nSPS) is 39.9. The highest BCUT2D eigenvalue weighted by Crippen LogP contribution is 2.47. The van der Waals surface area contributed by atoms with Gasteiger partial charge in [0.15, 0.2) is 5.78 Å². The van der Waals surface area contributed by atoms with Crippen molar-refractivity contribution in [3.05, 3.63) is 0 Å².